The lowest BCUT2D eigenvalue weighted by Crippen LogP contribution is -2.24. The lowest BCUT2D eigenvalue weighted by atomic mass is 10.4. The van der Waals surface area contributed by atoms with E-state index in [-0.39, 0.29) is 21.6 Å². The highest BCUT2D eigenvalue weighted by atomic mass is 35.5. The van der Waals surface area contributed by atoms with Crippen molar-refractivity contribution in [3.8, 4) is 0 Å². The molecular weight excluding hydrogens is 311 g/mol. The molecule has 19 heavy (non-hydrogen) atoms. The van der Waals surface area contributed by atoms with Gasteiger partial charge < -0.3 is 0 Å². The van der Waals surface area contributed by atoms with Gasteiger partial charge in [0.1, 0.15) is 10.0 Å². The number of hydrogen-bond donors (Lipinski definition) is 1. The van der Waals surface area contributed by atoms with Gasteiger partial charge in [0.25, 0.3) is 0 Å². The van der Waals surface area contributed by atoms with Crippen LogP contribution in [0, 0.1) is 0 Å². The van der Waals surface area contributed by atoms with Gasteiger partial charge in [-0.05, 0) is 18.2 Å². The maximum Gasteiger partial charge on any atom is 0.242 e. The molecular formula is C10H8Cl2N4O2S. The van der Waals surface area contributed by atoms with Crippen LogP contribution in [0.2, 0.25) is 10.2 Å². The number of halogens is 2. The van der Waals surface area contributed by atoms with E-state index < -0.39 is 10.0 Å². The Morgan fingerprint density at radius 3 is 2.74 bits per heavy atom. The summed E-state index contributed by atoms with van der Waals surface area (Å²) in [5, 5.41) is 7.54. The zero-order valence-electron chi connectivity index (χ0n) is 9.42. The van der Waals surface area contributed by atoms with Crippen LogP contribution in [0.15, 0.2) is 35.5 Å². The fourth-order valence-corrected chi connectivity index (χ4v) is 2.53. The van der Waals surface area contributed by atoms with Crippen LogP contribution in [0.25, 0.3) is 0 Å². The van der Waals surface area contributed by atoms with Gasteiger partial charge in [0.2, 0.25) is 10.0 Å². The largest absolute Gasteiger partial charge is 0.242 e. The van der Waals surface area contributed by atoms with E-state index in [2.05, 4.69) is 19.9 Å². The molecule has 2 heterocycles. The van der Waals surface area contributed by atoms with E-state index in [1.54, 1.807) is 12.1 Å². The van der Waals surface area contributed by atoms with Crippen LogP contribution in [0.3, 0.4) is 0 Å². The van der Waals surface area contributed by atoms with Crippen LogP contribution < -0.4 is 4.72 Å². The summed E-state index contributed by atoms with van der Waals surface area (Å²) < 4.78 is 26.3. The minimum Gasteiger partial charge on any atom is -0.242 e. The van der Waals surface area contributed by atoms with Crippen molar-refractivity contribution in [2.75, 3.05) is 0 Å². The fourth-order valence-electron chi connectivity index (χ4n) is 1.23. The molecule has 0 aromatic carbocycles. The molecule has 0 aliphatic carbocycles. The standard InChI is InChI=1S/C10H8Cl2N4O2S/c11-9-4-8(6-13-10(9)12)19(17,18)15-5-7-2-1-3-14-16-7/h1-4,6,15H,5H2. The molecule has 0 fully saturated rings. The Balaban J connectivity index is 2.16. The molecule has 0 aliphatic rings. The van der Waals surface area contributed by atoms with Crippen molar-refractivity contribution in [1.82, 2.24) is 19.9 Å². The predicted octanol–water partition coefficient (Wildman–Crippen LogP) is 1.66. The molecule has 2 rings (SSSR count). The summed E-state index contributed by atoms with van der Waals surface area (Å²) in [6.07, 6.45) is 2.63. The first-order valence-corrected chi connectivity index (χ1v) is 7.30. The molecule has 0 atom stereocenters. The summed E-state index contributed by atoms with van der Waals surface area (Å²) in [5.41, 5.74) is 0.499. The van der Waals surface area contributed by atoms with Gasteiger partial charge in [-0.25, -0.2) is 18.1 Å². The van der Waals surface area contributed by atoms with Crippen molar-refractivity contribution >= 4 is 33.2 Å². The van der Waals surface area contributed by atoms with Crippen LogP contribution in [-0.2, 0) is 16.6 Å². The second-order valence-corrected chi connectivity index (χ2v) is 6.02. The lowest BCUT2D eigenvalue weighted by Gasteiger charge is -2.06. The number of hydrogen-bond acceptors (Lipinski definition) is 5. The van der Waals surface area contributed by atoms with Crippen molar-refractivity contribution in [2.24, 2.45) is 0 Å². The van der Waals surface area contributed by atoms with Gasteiger partial charge in [-0.2, -0.15) is 10.2 Å². The van der Waals surface area contributed by atoms with Crippen molar-refractivity contribution in [3.05, 3.63) is 46.5 Å². The van der Waals surface area contributed by atoms with E-state index in [0.29, 0.717) is 5.69 Å². The zero-order chi connectivity index (χ0) is 13.9. The average molecular weight is 319 g/mol. The summed E-state index contributed by atoms with van der Waals surface area (Å²) in [4.78, 5) is 3.62. The molecule has 100 valence electrons. The zero-order valence-corrected chi connectivity index (χ0v) is 11.7. The normalized spacial score (nSPS) is 11.5. The van der Waals surface area contributed by atoms with Crippen LogP contribution in [0.1, 0.15) is 5.69 Å². The average Bonchev–Trinajstić information content (AvgIpc) is 2.41. The highest BCUT2D eigenvalue weighted by molar-refractivity contribution is 7.89. The van der Waals surface area contributed by atoms with Gasteiger partial charge in [0.15, 0.2) is 0 Å². The Labute approximate surface area is 119 Å². The fraction of sp³-hybridized carbons (Fsp3) is 0.100. The highest BCUT2D eigenvalue weighted by Crippen LogP contribution is 2.22. The van der Waals surface area contributed by atoms with Crippen molar-refractivity contribution in [2.45, 2.75) is 11.4 Å². The molecule has 2 aromatic rings. The molecule has 0 aliphatic heterocycles. The molecule has 0 amide bonds. The lowest BCUT2D eigenvalue weighted by molar-refractivity contribution is 0.579. The third kappa shape index (κ3) is 3.60. The van der Waals surface area contributed by atoms with Crippen molar-refractivity contribution in [3.63, 3.8) is 0 Å². The van der Waals surface area contributed by atoms with Gasteiger partial charge in [-0.15, -0.1) is 0 Å². The summed E-state index contributed by atoms with van der Waals surface area (Å²) in [6.45, 7) is 0.0242. The van der Waals surface area contributed by atoms with Crippen LogP contribution in [0.4, 0.5) is 0 Å². The third-order valence-electron chi connectivity index (χ3n) is 2.15. The third-order valence-corrected chi connectivity index (χ3v) is 4.21. The number of sulfonamides is 1. The Morgan fingerprint density at radius 2 is 2.11 bits per heavy atom. The first kappa shape index (κ1) is 14.1. The summed E-state index contributed by atoms with van der Waals surface area (Å²) in [7, 11) is -3.72. The minimum atomic E-state index is -3.72. The van der Waals surface area contributed by atoms with Crippen molar-refractivity contribution < 1.29 is 8.42 Å². The van der Waals surface area contributed by atoms with Gasteiger partial charge in [0, 0.05) is 12.4 Å². The van der Waals surface area contributed by atoms with E-state index in [0.717, 1.165) is 6.20 Å². The second-order valence-electron chi connectivity index (χ2n) is 3.48. The van der Waals surface area contributed by atoms with Crippen molar-refractivity contribution in [1.29, 1.82) is 0 Å². The Hall–Kier alpha value is -1.28. The smallest absolute Gasteiger partial charge is 0.242 e. The first-order chi connectivity index (χ1) is 8.99. The summed E-state index contributed by atoms with van der Waals surface area (Å²) in [5.74, 6) is 0. The van der Waals surface area contributed by atoms with Crippen LogP contribution in [0.5, 0.6) is 0 Å². The molecule has 1 N–H and O–H groups in total. The molecule has 9 heteroatoms. The molecule has 0 spiro atoms. The maximum absolute atomic E-state index is 12.0. The predicted molar refractivity (Wildman–Crippen MR) is 70.3 cm³/mol. The Bertz CT molecular complexity index is 679. The molecule has 0 radical (unpaired) electrons. The molecule has 0 saturated carbocycles. The number of aromatic nitrogens is 3. The molecule has 6 nitrogen and oxygen atoms in total. The van der Waals surface area contributed by atoms with Gasteiger partial charge in [-0.1, -0.05) is 23.2 Å². The Morgan fingerprint density at radius 1 is 1.32 bits per heavy atom. The van der Waals surface area contributed by atoms with E-state index in [9.17, 15) is 8.42 Å². The van der Waals surface area contributed by atoms with E-state index >= 15 is 0 Å². The topological polar surface area (TPSA) is 84.8 Å². The van der Waals surface area contributed by atoms with E-state index in [4.69, 9.17) is 23.2 Å². The number of nitrogens with one attached hydrogen (secondary N) is 1. The van der Waals surface area contributed by atoms with E-state index in [1.807, 2.05) is 0 Å². The molecule has 0 bridgehead atoms. The van der Waals surface area contributed by atoms with Gasteiger partial charge >= 0.3 is 0 Å². The minimum absolute atomic E-state index is 0.0242. The molecule has 0 saturated heterocycles. The first-order valence-electron chi connectivity index (χ1n) is 5.06. The highest BCUT2D eigenvalue weighted by Gasteiger charge is 2.16. The second kappa shape index (κ2) is 5.79. The maximum atomic E-state index is 12.0. The van der Waals surface area contributed by atoms with Crippen LogP contribution in [-0.4, -0.2) is 23.6 Å². The van der Waals surface area contributed by atoms with Gasteiger partial charge in [0.05, 0.1) is 17.3 Å². The quantitative estimate of drug-likeness (QED) is 0.866. The Kier molecular flexibility index (Phi) is 4.31. The molecule has 2 aromatic heterocycles. The van der Waals surface area contributed by atoms with E-state index in [1.165, 1.54) is 12.3 Å². The van der Waals surface area contributed by atoms with Gasteiger partial charge in [-0.3, -0.25) is 0 Å². The number of rotatable bonds is 4. The summed E-state index contributed by atoms with van der Waals surface area (Å²) in [6, 6.07) is 4.55. The summed E-state index contributed by atoms with van der Waals surface area (Å²) >= 11 is 11.4. The molecule has 0 unspecified atom stereocenters. The SMILES string of the molecule is O=S(=O)(NCc1cccnn1)c1cnc(Cl)c(Cl)c1. The monoisotopic (exact) mass is 318 g/mol. The number of pyridine rings is 1. The van der Waals surface area contributed by atoms with Crippen LogP contribution >= 0.6 is 23.2 Å². The number of nitrogens with zero attached hydrogens (tertiary/aromatic N) is 3.